The SMILES string of the molecule is CCCC1CCC(CCc2ccc(OCC)c(F)c2F)=CO1. The lowest BCUT2D eigenvalue weighted by Crippen LogP contribution is -2.14. The maximum absolute atomic E-state index is 14.0. The second-order valence-corrected chi connectivity index (χ2v) is 5.65. The molecule has 0 N–H and O–H groups in total. The fraction of sp³-hybridized carbons (Fsp3) is 0.556. The van der Waals surface area contributed by atoms with E-state index < -0.39 is 11.6 Å². The average Bonchev–Trinajstić information content (AvgIpc) is 2.53. The zero-order valence-electron chi connectivity index (χ0n) is 13.3. The topological polar surface area (TPSA) is 18.5 Å². The summed E-state index contributed by atoms with van der Waals surface area (Å²) < 4.78 is 38.5. The van der Waals surface area contributed by atoms with Crippen LogP contribution >= 0.6 is 0 Å². The standard InChI is InChI=1S/C18H24F2O2/c1-3-5-15-10-7-13(12-22-15)6-8-14-9-11-16(21-4-2)18(20)17(14)19/h9,11-12,15H,3-8,10H2,1-2H3. The summed E-state index contributed by atoms with van der Waals surface area (Å²) in [6.45, 7) is 4.21. The first-order valence-corrected chi connectivity index (χ1v) is 8.08. The third kappa shape index (κ3) is 4.21. The predicted octanol–water partition coefficient (Wildman–Crippen LogP) is 5.16. The van der Waals surface area contributed by atoms with Gasteiger partial charge in [0.2, 0.25) is 5.82 Å². The summed E-state index contributed by atoms with van der Waals surface area (Å²) in [6, 6.07) is 3.10. The molecule has 0 spiro atoms. The van der Waals surface area contributed by atoms with E-state index in [1.165, 1.54) is 11.6 Å². The Morgan fingerprint density at radius 1 is 1.18 bits per heavy atom. The van der Waals surface area contributed by atoms with E-state index in [9.17, 15) is 8.78 Å². The Bertz CT molecular complexity index is 526. The van der Waals surface area contributed by atoms with Crippen molar-refractivity contribution in [1.29, 1.82) is 0 Å². The van der Waals surface area contributed by atoms with Crippen molar-refractivity contribution in [2.24, 2.45) is 0 Å². The molecule has 1 atom stereocenters. The fourth-order valence-corrected chi connectivity index (χ4v) is 2.71. The number of allylic oxidation sites excluding steroid dienone is 1. The maximum Gasteiger partial charge on any atom is 0.200 e. The van der Waals surface area contributed by atoms with E-state index >= 15 is 0 Å². The second-order valence-electron chi connectivity index (χ2n) is 5.65. The van der Waals surface area contributed by atoms with Crippen molar-refractivity contribution in [3.63, 3.8) is 0 Å². The van der Waals surface area contributed by atoms with Crippen LogP contribution in [-0.2, 0) is 11.2 Å². The maximum atomic E-state index is 14.0. The molecule has 2 rings (SSSR count). The molecule has 22 heavy (non-hydrogen) atoms. The molecule has 0 fully saturated rings. The summed E-state index contributed by atoms with van der Waals surface area (Å²) in [5.74, 6) is -1.71. The first-order chi connectivity index (χ1) is 10.7. The van der Waals surface area contributed by atoms with Crippen molar-refractivity contribution >= 4 is 0 Å². The zero-order valence-corrected chi connectivity index (χ0v) is 13.3. The average molecular weight is 310 g/mol. The van der Waals surface area contributed by atoms with Gasteiger partial charge in [0, 0.05) is 0 Å². The molecule has 1 aromatic rings. The van der Waals surface area contributed by atoms with Gasteiger partial charge in [-0.25, -0.2) is 4.39 Å². The molecule has 122 valence electrons. The molecule has 0 amide bonds. The second kappa shape index (κ2) is 8.16. The van der Waals surface area contributed by atoms with E-state index in [0.29, 0.717) is 31.1 Å². The smallest absolute Gasteiger partial charge is 0.200 e. The van der Waals surface area contributed by atoms with Gasteiger partial charge in [-0.3, -0.25) is 0 Å². The van der Waals surface area contributed by atoms with Crippen LogP contribution in [0.2, 0.25) is 0 Å². The predicted molar refractivity (Wildman–Crippen MR) is 82.9 cm³/mol. The van der Waals surface area contributed by atoms with E-state index in [2.05, 4.69) is 6.92 Å². The van der Waals surface area contributed by atoms with Crippen LogP contribution in [0.15, 0.2) is 24.0 Å². The third-order valence-electron chi connectivity index (χ3n) is 3.97. The molecular formula is C18H24F2O2. The molecular weight excluding hydrogens is 286 g/mol. The van der Waals surface area contributed by atoms with Crippen LogP contribution < -0.4 is 4.74 Å². The van der Waals surface area contributed by atoms with Crippen LogP contribution in [0.5, 0.6) is 5.75 Å². The Balaban J connectivity index is 1.94. The molecule has 1 aliphatic rings. The van der Waals surface area contributed by atoms with E-state index in [1.807, 2.05) is 6.26 Å². The zero-order chi connectivity index (χ0) is 15.9. The molecule has 0 aliphatic carbocycles. The highest BCUT2D eigenvalue weighted by molar-refractivity contribution is 5.31. The van der Waals surface area contributed by atoms with Crippen LogP contribution in [0.1, 0.15) is 51.5 Å². The molecule has 4 heteroatoms. The molecule has 2 nitrogen and oxygen atoms in total. The first-order valence-electron chi connectivity index (χ1n) is 8.08. The molecule has 0 radical (unpaired) electrons. The van der Waals surface area contributed by atoms with E-state index in [-0.39, 0.29) is 5.75 Å². The number of hydrogen-bond acceptors (Lipinski definition) is 2. The minimum absolute atomic E-state index is 0.0219. The van der Waals surface area contributed by atoms with Gasteiger partial charge in [0.05, 0.1) is 19.0 Å². The van der Waals surface area contributed by atoms with Gasteiger partial charge in [0.25, 0.3) is 0 Å². The number of halogens is 2. The largest absolute Gasteiger partial charge is 0.498 e. The molecule has 1 unspecified atom stereocenters. The summed E-state index contributed by atoms with van der Waals surface area (Å²) in [4.78, 5) is 0. The van der Waals surface area contributed by atoms with E-state index in [1.54, 1.807) is 13.0 Å². The monoisotopic (exact) mass is 310 g/mol. The molecule has 0 saturated carbocycles. The molecule has 1 aromatic carbocycles. The van der Waals surface area contributed by atoms with Gasteiger partial charge in [-0.05, 0) is 56.2 Å². The number of aryl methyl sites for hydroxylation is 1. The first kappa shape index (κ1) is 16.8. The summed E-state index contributed by atoms with van der Waals surface area (Å²) in [5, 5.41) is 0. The van der Waals surface area contributed by atoms with E-state index in [0.717, 1.165) is 25.7 Å². The summed E-state index contributed by atoms with van der Waals surface area (Å²) in [5.41, 5.74) is 1.55. The molecule has 1 heterocycles. The minimum Gasteiger partial charge on any atom is -0.498 e. The third-order valence-corrected chi connectivity index (χ3v) is 3.97. The number of hydrogen-bond donors (Lipinski definition) is 0. The summed E-state index contributed by atoms with van der Waals surface area (Å²) in [7, 11) is 0. The van der Waals surface area contributed by atoms with Crippen LogP contribution in [-0.4, -0.2) is 12.7 Å². The highest BCUT2D eigenvalue weighted by Crippen LogP contribution is 2.27. The van der Waals surface area contributed by atoms with Crippen molar-refractivity contribution in [2.45, 2.75) is 58.5 Å². The van der Waals surface area contributed by atoms with Crippen molar-refractivity contribution in [3.8, 4) is 5.75 Å². The van der Waals surface area contributed by atoms with Crippen LogP contribution in [0.3, 0.4) is 0 Å². The van der Waals surface area contributed by atoms with Crippen molar-refractivity contribution in [1.82, 2.24) is 0 Å². The van der Waals surface area contributed by atoms with Gasteiger partial charge in [-0.1, -0.05) is 19.4 Å². The van der Waals surface area contributed by atoms with Gasteiger partial charge in [0.1, 0.15) is 0 Å². The van der Waals surface area contributed by atoms with Crippen molar-refractivity contribution in [2.75, 3.05) is 6.61 Å². The summed E-state index contributed by atoms with van der Waals surface area (Å²) in [6.07, 6.45) is 7.48. The fourth-order valence-electron chi connectivity index (χ4n) is 2.71. The van der Waals surface area contributed by atoms with E-state index in [4.69, 9.17) is 9.47 Å². The molecule has 0 aromatic heterocycles. The highest BCUT2D eigenvalue weighted by Gasteiger charge is 2.17. The summed E-state index contributed by atoms with van der Waals surface area (Å²) >= 11 is 0. The van der Waals surface area contributed by atoms with Crippen LogP contribution in [0.25, 0.3) is 0 Å². The van der Waals surface area contributed by atoms with Gasteiger partial charge in [-0.2, -0.15) is 4.39 Å². The van der Waals surface area contributed by atoms with Gasteiger partial charge < -0.3 is 9.47 Å². The Morgan fingerprint density at radius 2 is 2.00 bits per heavy atom. The normalized spacial score (nSPS) is 17.8. The Kier molecular flexibility index (Phi) is 6.22. The van der Waals surface area contributed by atoms with Gasteiger partial charge in [-0.15, -0.1) is 0 Å². The van der Waals surface area contributed by atoms with Crippen molar-refractivity contribution < 1.29 is 18.3 Å². The lowest BCUT2D eigenvalue weighted by Gasteiger charge is -2.22. The molecule has 1 aliphatic heterocycles. The number of ether oxygens (including phenoxy) is 2. The lowest BCUT2D eigenvalue weighted by molar-refractivity contribution is 0.109. The van der Waals surface area contributed by atoms with Crippen molar-refractivity contribution in [3.05, 3.63) is 41.2 Å². The van der Waals surface area contributed by atoms with Gasteiger partial charge in [0.15, 0.2) is 11.6 Å². The molecule has 0 saturated heterocycles. The Labute approximate surface area is 131 Å². The lowest BCUT2D eigenvalue weighted by atomic mass is 9.97. The molecule has 0 bridgehead atoms. The van der Waals surface area contributed by atoms with Crippen LogP contribution in [0, 0.1) is 11.6 Å². The number of rotatable bonds is 7. The number of benzene rings is 1. The van der Waals surface area contributed by atoms with Crippen LogP contribution in [0.4, 0.5) is 8.78 Å². The minimum atomic E-state index is -0.892. The quantitative estimate of drug-likeness (QED) is 0.692. The Morgan fingerprint density at radius 3 is 2.64 bits per heavy atom. The van der Waals surface area contributed by atoms with Gasteiger partial charge >= 0.3 is 0 Å². The Hall–Kier alpha value is -1.58. The highest BCUT2D eigenvalue weighted by atomic mass is 19.2.